The van der Waals surface area contributed by atoms with Crippen molar-refractivity contribution in [3.05, 3.63) is 35.5 Å². The minimum absolute atomic E-state index is 0.446. The number of aromatic nitrogens is 1. The first-order chi connectivity index (χ1) is 16.8. The van der Waals surface area contributed by atoms with E-state index in [1.165, 1.54) is 0 Å². The van der Waals surface area contributed by atoms with Gasteiger partial charge in [-0.25, -0.2) is 4.79 Å². The van der Waals surface area contributed by atoms with E-state index < -0.39 is 96.9 Å². The molecule has 112 valence electrons. The number of carbonyl (C=O) groups excluding carboxylic acids is 1. The van der Waals surface area contributed by atoms with Gasteiger partial charge in [0.1, 0.15) is 6.56 Å². The number of fused-ring (bicyclic) bond motifs is 1. The Labute approximate surface area is 148 Å². The first-order valence-corrected chi connectivity index (χ1v) is 5.73. The van der Waals surface area contributed by atoms with Crippen molar-refractivity contribution in [1.82, 2.24) is 15.2 Å². The van der Waals surface area contributed by atoms with Crippen LogP contribution in [0.1, 0.15) is 34.4 Å². The molecule has 5 nitrogen and oxygen atoms in total. The zero-order valence-corrected chi connectivity index (χ0v) is 10.4. The lowest BCUT2D eigenvalue weighted by atomic mass is 10.0. The van der Waals surface area contributed by atoms with Gasteiger partial charge in [-0.2, -0.15) is 0 Å². The number of nitrogens with one attached hydrogen (secondary N) is 2. The molecular weight excluding hydrogens is 266 g/mol. The van der Waals surface area contributed by atoms with Crippen molar-refractivity contribution in [3.63, 3.8) is 0 Å². The number of hydrogen-bond acceptors (Lipinski definition) is 3. The number of ether oxygens (including phenoxy) is 1. The highest BCUT2D eigenvalue weighted by Gasteiger charge is 2.22. The Morgan fingerprint density at radius 1 is 1.62 bits per heavy atom. The first kappa shape index (κ1) is 4.26. The molecule has 1 atom stereocenters. The van der Waals surface area contributed by atoms with E-state index in [4.69, 9.17) is 23.3 Å². The largest absolute Gasteiger partial charge is 0.447 e. The number of amides is 1. The summed E-state index contributed by atoms with van der Waals surface area (Å²) in [6.07, 6.45) is -7.25. The summed E-state index contributed by atoms with van der Waals surface area (Å²) in [5, 5.41) is 1.22. The number of carbonyl (C=O) groups is 1. The fourth-order valence-electron chi connectivity index (χ4n) is 1.72. The van der Waals surface area contributed by atoms with Gasteiger partial charge in [-0.05, 0) is 49.9 Å². The molecule has 1 aliphatic heterocycles. The lowest BCUT2D eigenvalue weighted by molar-refractivity contribution is 0.177. The first-order valence-electron chi connectivity index (χ1n) is 14.2. The Bertz CT molecular complexity index is 1260. The summed E-state index contributed by atoms with van der Waals surface area (Å²) in [6, 6.07) is -4.88. The summed E-state index contributed by atoms with van der Waals surface area (Å²) in [4.78, 5) is 13.4. The van der Waals surface area contributed by atoms with Crippen molar-refractivity contribution >= 4 is 17.0 Å². The Morgan fingerprint density at radius 2 is 2.52 bits per heavy atom. The van der Waals surface area contributed by atoms with Gasteiger partial charge in [0.05, 0.1) is 12.9 Å². The highest BCUT2D eigenvalue weighted by atomic mass is 16.6. The summed E-state index contributed by atoms with van der Waals surface area (Å²) in [5.74, 6) is 0. The molecule has 0 radical (unpaired) electrons. The number of rotatable bonds is 5. The molecule has 0 spiro atoms. The van der Waals surface area contributed by atoms with Crippen LogP contribution < -0.4 is 5.32 Å². The Balaban J connectivity index is 2.35. The molecule has 5 heteroatoms. The van der Waals surface area contributed by atoms with E-state index in [1.807, 2.05) is 5.32 Å². The minimum Gasteiger partial charge on any atom is -0.447 e. The average Bonchev–Trinajstić information content (AvgIpc) is 3.24. The van der Waals surface area contributed by atoms with Crippen LogP contribution in [0.25, 0.3) is 10.9 Å². The molecule has 1 amide bonds. The third-order valence-corrected chi connectivity index (χ3v) is 2.57. The normalized spacial score (nSPS) is 35.8. The summed E-state index contributed by atoms with van der Waals surface area (Å²) in [7, 11) is 0. The maximum atomic E-state index is 11.6. The number of hydrogen-bond donors (Lipinski definition) is 2. The molecule has 2 N–H and O–H groups in total. The molecule has 1 aromatic heterocycles. The maximum Gasteiger partial charge on any atom is 0.407 e. The molecular formula is C16H21N3O2. The van der Waals surface area contributed by atoms with Crippen LogP contribution >= 0.6 is 0 Å². The van der Waals surface area contributed by atoms with Crippen LogP contribution in [-0.2, 0) is 17.5 Å². The third kappa shape index (κ3) is 3.19. The monoisotopic (exact) mass is 304 g/mol. The fourth-order valence-corrected chi connectivity index (χ4v) is 1.72. The average molecular weight is 304 g/mol. The minimum atomic E-state index is -3.81. The predicted octanol–water partition coefficient (Wildman–Crippen LogP) is 1.92. The summed E-state index contributed by atoms with van der Waals surface area (Å²) in [5.41, 5.74) is -2.28. The molecule has 21 heavy (non-hydrogen) atoms. The zero-order chi connectivity index (χ0) is 29.6. The molecule has 0 saturated carbocycles. The van der Waals surface area contributed by atoms with E-state index in [0.717, 1.165) is 6.20 Å². The van der Waals surface area contributed by atoms with Crippen molar-refractivity contribution in [2.75, 3.05) is 27.0 Å². The molecule has 0 unspecified atom stereocenters. The molecule has 1 fully saturated rings. The van der Waals surface area contributed by atoms with Gasteiger partial charge in [0.15, 0.2) is 0 Å². The van der Waals surface area contributed by atoms with Crippen molar-refractivity contribution in [2.45, 2.75) is 18.8 Å². The second kappa shape index (κ2) is 5.77. The number of aryl methyl sites for hydroxylation is 1. The van der Waals surface area contributed by atoms with Gasteiger partial charge in [0, 0.05) is 40.0 Å². The Kier molecular flexibility index (Phi) is 1.17. The van der Waals surface area contributed by atoms with Crippen molar-refractivity contribution < 1.29 is 32.8 Å². The number of aromatic amines is 1. The van der Waals surface area contributed by atoms with Gasteiger partial charge >= 0.3 is 6.09 Å². The lowest BCUT2D eigenvalue weighted by Crippen LogP contribution is -2.28. The molecule has 1 saturated heterocycles. The molecule has 1 aliphatic rings. The van der Waals surface area contributed by atoms with Crippen LogP contribution in [0, 0.1) is 0 Å². The Hall–Kier alpha value is -2.01. The smallest absolute Gasteiger partial charge is 0.407 e. The van der Waals surface area contributed by atoms with E-state index >= 15 is 0 Å². The molecule has 3 rings (SSSR count). The van der Waals surface area contributed by atoms with Crippen LogP contribution in [0.4, 0.5) is 4.79 Å². The van der Waals surface area contributed by atoms with Crippen LogP contribution in [0.2, 0.25) is 0 Å². The van der Waals surface area contributed by atoms with Crippen molar-refractivity contribution in [3.8, 4) is 0 Å². The van der Waals surface area contributed by atoms with Gasteiger partial charge in [0.25, 0.3) is 0 Å². The van der Waals surface area contributed by atoms with Crippen molar-refractivity contribution in [1.29, 1.82) is 0 Å². The van der Waals surface area contributed by atoms with Gasteiger partial charge in [0.2, 0.25) is 0 Å². The number of benzene rings is 1. The molecule has 2 aromatic rings. The fraction of sp³-hybridized carbons (Fsp3) is 0.438. The van der Waals surface area contributed by atoms with E-state index in [9.17, 15) is 4.79 Å². The highest BCUT2D eigenvalue weighted by molar-refractivity contribution is 5.84. The highest BCUT2D eigenvalue weighted by Crippen LogP contribution is 2.21. The number of H-pyrrole nitrogens is 1. The number of alkyl carbamates (subject to hydrolysis) is 1. The third-order valence-electron chi connectivity index (χ3n) is 2.57. The zero-order valence-electron chi connectivity index (χ0n) is 27.4. The lowest BCUT2D eigenvalue weighted by Gasteiger charge is -2.09. The number of cyclic esters (lactones) is 1. The summed E-state index contributed by atoms with van der Waals surface area (Å²) >= 11 is 0. The standard InChI is InChI=1S/C16H21N3O2/c1-19(2)6-5-12-9-17-15-4-3-11(8-14(12)15)7-13-10-21-16(20)18-13/h3-4,8-9,13,17H,5-7,10H2,1-2H3,(H,18,20)/t13-/m0/s1/i1D3,2D3,3D,4D,5D2,6D2,7D2,8D,10D2. The van der Waals surface area contributed by atoms with E-state index in [0.29, 0.717) is 0 Å². The Morgan fingerprint density at radius 3 is 3.29 bits per heavy atom. The second-order valence-corrected chi connectivity index (χ2v) is 4.00. The van der Waals surface area contributed by atoms with Gasteiger partial charge < -0.3 is 19.9 Å². The van der Waals surface area contributed by atoms with Crippen LogP contribution in [0.5, 0.6) is 0 Å². The molecule has 1 aromatic carbocycles. The van der Waals surface area contributed by atoms with Crippen LogP contribution in [-0.4, -0.2) is 49.0 Å². The van der Waals surface area contributed by atoms with E-state index in [2.05, 4.69) is 9.72 Å². The van der Waals surface area contributed by atoms with Gasteiger partial charge in [-0.1, -0.05) is 6.04 Å². The number of likely N-dealkylation sites (N-methyl/N-ethyl adjacent to an activating group) is 1. The quantitative estimate of drug-likeness (QED) is 0.887. The van der Waals surface area contributed by atoms with Gasteiger partial charge in [-0.3, -0.25) is 0 Å². The molecule has 0 bridgehead atoms. The SMILES string of the molecule is [2H]c1c(C([2H])([2H])[C@@H]2NC(=O)OC2([2H])[2H])c([2H])c2c(C([2H])([2H])C([2H])([2H])N(C([2H])([2H])[2H])C([2H])([2H])[2H])c[nH]c2c1[2H]. The maximum absolute atomic E-state index is 11.6. The van der Waals surface area contributed by atoms with E-state index in [1.54, 1.807) is 0 Å². The van der Waals surface area contributed by atoms with Crippen LogP contribution in [0.15, 0.2) is 24.3 Å². The molecule has 0 aliphatic carbocycles. The topological polar surface area (TPSA) is 57.4 Å². The van der Waals surface area contributed by atoms with Gasteiger partial charge in [-0.15, -0.1) is 0 Å². The summed E-state index contributed by atoms with van der Waals surface area (Å²) in [6.45, 7) is -14.1. The van der Waals surface area contributed by atoms with E-state index in [-0.39, 0.29) is 0 Å². The predicted molar refractivity (Wildman–Crippen MR) is 82.5 cm³/mol. The van der Waals surface area contributed by atoms with Crippen molar-refractivity contribution in [2.24, 2.45) is 0 Å². The molecule has 2 heterocycles. The summed E-state index contributed by atoms with van der Waals surface area (Å²) < 4.78 is 141. The second-order valence-electron chi connectivity index (χ2n) is 4.00. The number of nitrogens with zero attached hydrogens (tertiary/aromatic N) is 1. The van der Waals surface area contributed by atoms with Crippen LogP contribution in [0.3, 0.4) is 0 Å².